The van der Waals surface area contributed by atoms with Crippen LogP contribution in [-0.2, 0) is 0 Å². The largest absolute Gasteiger partial charge is 0.507 e. The maximum Gasteiger partial charge on any atom is 0.206 e. The fourth-order valence-corrected chi connectivity index (χ4v) is 3.60. The van der Waals surface area contributed by atoms with Gasteiger partial charge in [0.2, 0.25) is 6.17 Å². The Morgan fingerprint density at radius 1 is 1.00 bits per heavy atom. The Morgan fingerprint density at radius 3 is 2.39 bits per heavy atom. The molecular formula is C23H22FN2O2+. The van der Waals surface area contributed by atoms with Crippen molar-refractivity contribution in [1.82, 2.24) is 0 Å². The molecule has 3 N–H and O–H groups in total. The number of hydrogen-bond donors (Lipinski definition) is 2. The Bertz CT molecular complexity index is 984. The summed E-state index contributed by atoms with van der Waals surface area (Å²) in [5.74, 6) is 0.799. The molecule has 0 aliphatic carbocycles. The van der Waals surface area contributed by atoms with E-state index in [1.165, 1.54) is 12.1 Å². The van der Waals surface area contributed by atoms with Crippen LogP contribution in [0, 0.1) is 5.82 Å². The summed E-state index contributed by atoms with van der Waals surface area (Å²) in [6.45, 7) is 0. The van der Waals surface area contributed by atoms with Gasteiger partial charge in [0.25, 0.3) is 0 Å². The number of para-hydroxylation sites is 1. The number of halogens is 1. The number of hydrogen-bond acceptors (Lipinski definition) is 3. The number of benzene rings is 3. The van der Waals surface area contributed by atoms with E-state index in [1.807, 2.05) is 42.5 Å². The van der Waals surface area contributed by atoms with Crippen LogP contribution in [0.15, 0.2) is 77.8 Å². The third kappa shape index (κ3) is 3.75. The molecular weight excluding hydrogens is 355 g/mol. The monoisotopic (exact) mass is 377 g/mol. The predicted molar refractivity (Wildman–Crippen MR) is 106 cm³/mol. The molecule has 142 valence electrons. The molecule has 0 unspecified atom stereocenters. The second-order valence-corrected chi connectivity index (χ2v) is 6.86. The molecule has 0 aromatic heterocycles. The predicted octanol–water partition coefficient (Wildman–Crippen LogP) is 3.74. The summed E-state index contributed by atoms with van der Waals surface area (Å²) in [5.41, 5.74) is 3.76. The van der Waals surface area contributed by atoms with Gasteiger partial charge in [-0.1, -0.05) is 12.1 Å². The molecule has 3 aromatic carbocycles. The number of methoxy groups -OCH3 is 1. The zero-order chi connectivity index (χ0) is 19.5. The van der Waals surface area contributed by atoms with Crippen molar-refractivity contribution >= 4 is 5.71 Å². The van der Waals surface area contributed by atoms with E-state index < -0.39 is 0 Å². The topological polar surface area (TPSA) is 58.4 Å². The lowest BCUT2D eigenvalue weighted by Gasteiger charge is -2.27. The highest BCUT2D eigenvalue weighted by atomic mass is 19.1. The van der Waals surface area contributed by atoms with E-state index in [2.05, 4.69) is 5.32 Å². The molecule has 0 bridgehead atoms. The van der Waals surface area contributed by atoms with Crippen LogP contribution >= 0.6 is 0 Å². The molecule has 0 spiro atoms. The van der Waals surface area contributed by atoms with E-state index >= 15 is 0 Å². The molecule has 0 saturated carbocycles. The lowest BCUT2D eigenvalue weighted by atomic mass is 9.93. The van der Waals surface area contributed by atoms with E-state index in [-0.39, 0.29) is 23.8 Å². The first-order chi connectivity index (χ1) is 13.6. The summed E-state index contributed by atoms with van der Waals surface area (Å²) in [5, 5.41) is 12.5. The zero-order valence-corrected chi connectivity index (χ0v) is 15.5. The van der Waals surface area contributed by atoms with Gasteiger partial charge in [0.05, 0.1) is 18.4 Å². The second-order valence-electron chi connectivity index (χ2n) is 6.86. The van der Waals surface area contributed by atoms with E-state index in [4.69, 9.17) is 9.73 Å². The van der Waals surface area contributed by atoms with Gasteiger partial charge in [0, 0.05) is 12.0 Å². The molecule has 0 amide bonds. The standard InChI is InChI=1S/C23H21FN2O2/c1-28-18-12-8-15(9-13-18)20-14-21(19-4-2-3-5-22(19)27)26-23(25-20)16-6-10-17(24)11-7-16/h2-13,21,23,26-27H,14H2,1H3/p+1/t21-,23+/m1/s1. The van der Waals surface area contributed by atoms with Crippen molar-refractivity contribution in [2.75, 3.05) is 7.11 Å². The van der Waals surface area contributed by atoms with Crippen LogP contribution in [0.5, 0.6) is 11.5 Å². The second kappa shape index (κ2) is 7.82. The number of nitrogens with two attached hydrogens (primary N) is 1. The molecule has 4 rings (SSSR count). The Morgan fingerprint density at radius 2 is 1.71 bits per heavy atom. The fourth-order valence-electron chi connectivity index (χ4n) is 3.60. The van der Waals surface area contributed by atoms with Crippen molar-refractivity contribution in [1.29, 1.82) is 0 Å². The highest BCUT2D eigenvalue weighted by Crippen LogP contribution is 2.29. The summed E-state index contributed by atoms with van der Waals surface area (Å²) in [6, 6.07) is 21.6. The van der Waals surface area contributed by atoms with Gasteiger partial charge >= 0.3 is 0 Å². The van der Waals surface area contributed by atoms with Crippen LogP contribution in [0.25, 0.3) is 0 Å². The van der Waals surface area contributed by atoms with Crippen LogP contribution in [-0.4, -0.2) is 17.9 Å². The minimum Gasteiger partial charge on any atom is -0.507 e. The first kappa shape index (κ1) is 18.2. The normalized spacial score (nSPS) is 19.1. The maximum atomic E-state index is 13.4. The lowest BCUT2D eigenvalue weighted by molar-refractivity contribution is -0.735. The van der Waals surface area contributed by atoms with Gasteiger partial charge in [-0.25, -0.2) is 9.38 Å². The van der Waals surface area contributed by atoms with Crippen LogP contribution < -0.4 is 10.1 Å². The zero-order valence-electron chi connectivity index (χ0n) is 15.5. The van der Waals surface area contributed by atoms with Crippen LogP contribution in [0.1, 0.15) is 35.3 Å². The number of phenols is 1. The molecule has 1 aliphatic rings. The molecule has 0 saturated heterocycles. The molecule has 0 radical (unpaired) electrons. The van der Waals surface area contributed by atoms with Gasteiger partial charge < -0.3 is 15.2 Å². The van der Waals surface area contributed by atoms with E-state index in [0.29, 0.717) is 6.42 Å². The minimum absolute atomic E-state index is 0.00542. The maximum absolute atomic E-state index is 13.4. The molecule has 0 fully saturated rings. The van der Waals surface area contributed by atoms with Crippen molar-refractivity contribution < 1.29 is 19.6 Å². The Kier molecular flexibility index (Phi) is 5.08. The minimum atomic E-state index is -0.267. The average Bonchev–Trinajstić information content (AvgIpc) is 2.74. The SMILES string of the molecule is COc1ccc(C2=N[C@H](c3ccc(F)cc3)[NH2+][C@@H](c3ccccc3O)C2)cc1. The van der Waals surface area contributed by atoms with Gasteiger partial charge in [0.1, 0.15) is 23.4 Å². The summed E-state index contributed by atoms with van der Waals surface area (Å²) in [7, 11) is 1.64. The van der Waals surface area contributed by atoms with Crippen molar-refractivity contribution in [2.24, 2.45) is 4.99 Å². The molecule has 28 heavy (non-hydrogen) atoms. The lowest BCUT2D eigenvalue weighted by Crippen LogP contribution is -2.87. The van der Waals surface area contributed by atoms with Gasteiger partial charge in [0.15, 0.2) is 0 Å². The summed E-state index contributed by atoms with van der Waals surface area (Å²) >= 11 is 0. The van der Waals surface area contributed by atoms with E-state index in [9.17, 15) is 9.50 Å². The summed E-state index contributed by atoms with van der Waals surface area (Å²) < 4.78 is 18.6. The first-order valence-corrected chi connectivity index (χ1v) is 9.23. The Labute approximate surface area is 163 Å². The average molecular weight is 377 g/mol. The molecule has 5 heteroatoms. The number of rotatable bonds is 4. The highest BCUT2D eigenvalue weighted by Gasteiger charge is 2.31. The Balaban J connectivity index is 1.73. The number of quaternary nitrogens is 1. The van der Waals surface area contributed by atoms with Gasteiger partial charge in [-0.15, -0.1) is 0 Å². The van der Waals surface area contributed by atoms with Crippen LogP contribution in [0.3, 0.4) is 0 Å². The third-order valence-electron chi connectivity index (χ3n) is 5.09. The third-order valence-corrected chi connectivity index (χ3v) is 5.09. The number of aliphatic imine (C=N–C) groups is 1. The van der Waals surface area contributed by atoms with Gasteiger partial charge in [-0.2, -0.15) is 0 Å². The van der Waals surface area contributed by atoms with Gasteiger partial charge in [-0.05, 0) is 66.2 Å². The van der Waals surface area contributed by atoms with E-state index in [1.54, 1.807) is 25.3 Å². The number of ether oxygens (including phenoxy) is 1. The van der Waals surface area contributed by atoms with Crippen molar-refractivity contribution in [3.63, 3.8) is 0 Å². The quantitative estimate of drug-likeness (QED) is 0.728. The highest BCUT2D eigenvalue weighted by molar-refractivity contribution is 6.01. The number of nitrogens with zero attached hydrogens (tertiary/aromatic N) is 1. The van der Waals surface area contributed by atoms with Crippen molar-refractivity contribution in [2.45, 2.75) is 18.6 Å². The van der Waals surface area contributed by atoms with E-state index in [0.717, 1.165) is 28.2 Å². The van der Waals surface area contributed by atoms with Crippen LogP contribution in [0.4, 0.5) is 4.39 Å². The van der Waals surface area contributed by atoms with Crippen LogP contribution in [0.2, 0.25) is 0 Å². The number of aromatic hydroxyl groups is 1. The molecule has 1 aliphatic heterocycles. The molecule has 3 aromatic rings. The summed E-state index contributed by atoms with van der Waals surface area (Å²) in [4.78, 5) is 4.93. The first-order valence-electron chi connectivity index (χ1n) is 9.23. The number of phenolic OH excluding ortho intramolecular Hbond substituents is 1. The molecule has 1 heterocycles. The summed E-state index contributed by atoms with van der Waals surface area (Å²) in [6.07, 6.45) is 0.470. The van der Waals surface area contributed by atoms with Crippen molar-refractivity contribution in [3.8, 4) is 11.5 Å². The van der Waals surface area contributed by atoms with Crippen molar-refractivity contribution in [3.05, 3.63) is 95.3 Å². The molecule has 4 nitrogen and oxygen atoms in total. The molecule has 2 atom stereocenters. The fraction of sp³-hybridized carbons (Fsp3) is 0.174. The smallest absolute Gasteiger partial charge is 0.206 e. The van der Waals surface area contributed by atoms with Gasteiger partial charge in [-0.3, -0.25) is 0 Å². The Hall–Kier alpha value is -3.18.